The van der Waals surface area contributed by atoms with Crippen molar-refractivity contribution in [2.24, 2.45) is 0 Å². The smallest absolute Gasteiger partial charge is 0.201 e. The molecule has 0 amide bonds. The van der Waals surface area contributed by atoms with Crippen LogP contribution >= 0.6 is 0 Å². The van der Waals surface area contributed by atoms with Gasteiger partial charge in [-0.05, 0) is 6.42 Å². The summed E-state index contributed by atoms with van der Waals surface area (Å²) in [6, 6.07) is 0. The second-order valence-electron chi connectivity index (χ2n) is 4.27. The Morgan fingerprint density at radius 3 is 3.00 bits per heavy atom. The van der Waals surface area contributed by atoms with E-state index in [1.54, 1.807) is 0 Å². The molecular weight excluding hydrogens is 168 g/mol. The van der Waals surface area contributed by atoms with Crippen molar-refractivity contribution < 1.29 is 14.2 Å². The Kier molecular flexibility index (Phi) is 1.56. The monoisotopic (exact) mass is 184 g/mol. The Morgan fingerprint density at radius 2 is 2.31 bits per heavy atom. The summed E-state index contributed by atoms with van der Waals surface area (Å²) in [5, 5.41) is 0. The van der Waals surface area contributed by atoms with Crippen LogP contribution in [0.5, 0.6) is 0 Å². The van der Waals surface area contributed by atoms with Crippen LogP contribution in [0.25, 0.3) is 0 Å². The van der Waals surface area contributed by atoms with Crippen molar-refractivity contribution in [3.05, 3.63) is 0 Å². The van der Waals surface area contributed by atoms with Crippen molar-refractivity contribution in [2.45, 2.75) is 50.1 Å². The summed E-state index contributed by atoms with van der Waals surface area (Å²) in [7, 11) is 0. The molecule has 74 valence electrons. The van der Waals surface area contributed by atoms with E-state index in [1.807, 2.05) is 0 Å². The molecule has 3 fully saturated rings. The summed E-state index contributed by atoms with van der Waals surface area (Å²) in [6.45, 7) is 3.92. The first kappa shape index (κ1) is 8.21. The van der Waals surface area contributed by atoms with Crippen molar-refractivity contribution >= 4 is 0 Å². The molecule has 3 saturated heterocycles. The molecule has 13 heavy (non-hydrogen) atoms. The molecule has 0 aromatic rings. The lowest BCUT2D eigenvalue weighted by molar-refractivity contribution is -0.0454. The molecule has 0 aromatic heterocycles. The predicted molar refractivity (Wildman–Crippen MR) is 46.4 cm³/mol. The third kappa shape index (κ3) is 0.953. The number of hydrogen-bond donors (Lipinski definition) is 0. The number of ether oxygens (including phenoxy) is 3. The number of fused-ring (bicyclic) bond motifs is 1. The summed E-state index contributed by atoms with van der Waals surface area (Å²) in [6.07, 6.45) is 4.81. The summed E-state index contributed by atoms with van der Waals surface area (Å²) >= 11 is 0. The highest BCUT2D eigenvalue weighted by Crippen LogP contribution is 2.63. The number of hydrogen-bond acceptors (Lipinski definition) is 3. The minimum absolute atomic E-state index is 0.0256. The first-order valence-corrected chi connectivity index (χ1v) is 5.29. The maximum atomic E-state index is 5.81. The van der Waals surface area contributed by atoms with E-state index in [9.17, 15) is 0 Å². The lowest BCUT2D eigenvalue weighted by Gasteiger charge is -2.08. The fourth-order valence-corrected chi connectivity index (χ4v) is 2.56. The van der Waals surface area contributed by atoms with Crippen LogP contribution in [0.15, 0.2) is 0 Å². The Morgan fingerprint density at radius 1 is 1.46 bits per heavy atom. The van der Waals surface area contributed by atoms with Crippen LogP contribution in [-0.4, -0.2) is 30.7 Å². The van der Waals surface area contributed by atoms with Crippen molar-refractivity contribution in [1.29, 1.82) is 0 Å². The number of rotatable bonds is 4. The van der Waals surface area contributed by atoms with E-state index in [1.165, 1.54) is 12.8 Å². The highest BCUT2D eigenvalue weighted by molar-refractivity contribution is 5.20. The zero-order valence-corrected chi connectivity index (χ0v) is 8.04. The van der Waals surface area contributed by atoms with Gasteiger partial charge in [-0.1, -0.05) is 13.3 Å². The van der Waals surface area contributed by atoms with Gasteiger partial charge < -0.3 is 14.2 Å². The largest absolute Gasteiger partial charge is 0.370 e. The molecule has 3 nitrogen and oxygen atoms in total. The van der Waals surface area contributed by atoms with Crippen LogP contribution in [-0.2, 0) is 14.2 Å². The van der Waals surface area contributed by atoms with Gasteiger partial charge in [0.15, 0.2) is 5.60 Å². The highest BCUT2D eigenvalue weighted by atomic mass is 16.8. The first-order chi connectivity index (χ1) is 6.33. The standard InChI is InChI=1S/C10H16O3/c1-2-3-4-10-9(13-10,5-6-12-10)8-7-11-8/h8H,2-7H2,1H3. The SMILES string of the molecule is CCCCC12OCCC1(C1CO1)O2. The molecule has 0 aliphatic carbocycles. The van der Waals surface area contributed by atoms with E-state index in [-0.39, 0.29) is 11.4 Å². The van der Waals surface area contributed by atoms with Crippen LogP contribution in [0, 0.1) is 0 Å². The van der Waals surface area contributed by atoms with Gasteiger partial charge in [-0.15, -0.1) is 0 Å². The van der Waals surface area contributed by atoms with Crippen LogP contribution < -0.4 is 0 Å². The first-order valence-electron chi connectivity index (χ1n) is 5.29. The maximum absolute atomic E-state index is 5.81. The van der Waals surface area contributed by atoms with E-state index < -0.39 is 0 Å². The Hall–Kier alpha value is -0.120. The average molecular weight is 184 g/mol. The molecule has 3 heterocycles. The third-order valence-electron chi connectivity index (χ3n) is 3.47. The molecular formula is C10H16O3. The van der Waals surface area contributed by atoms with Gasteiger partial charge in [0.25, 0.3) is 0 Å². The molecule has 0 saturated carbocycles. The zero-order valence-electron chi connectivity index (χ0n) is 8.04. The highest BCUT2D eigenvalue weighted by Gasteiger charge is 2.80. The van der Waals surface area contributed by atoms with E-state index in [4.69, 9.17) is 14.2 Å². The topological polar surface area (TPSA) is 34.3 Å². The summed E-state index contributed by atoms with van der Waals surface area (Å²) in [5.74, 6) is -0.232. The molecule has 0 radical (unpaired) electrons. The molecule has 0 spiro atoms. The maximum Gasteiger partial charge on any atom is 0.201 e. The van der Waals surface area contributed by atoms with E-state index in [0.717, 1.165) is 26.1 Å². The molecule has 3 aliphatic heterocycles. The average Bonchev–Trinajstić information content (AvgIpc) is 3.03. The Bertz CT molecular complexity index is 226. The van der Waals surface area contributed by atoms with Crippen molar-refractivity contribution in [2.75, 3.05) is 13.2 Å². The van der Waals surface area contributed by atoms with Gasteiger partial charge in [0.05, 0.1) is 13.2 Å². The second-order valence-corrected chi connectivity index (χ2v) is 4.27. The molecule has 3 aliphatic rings. The molecule has 0 aromatic carbocycles. The van der Waals surface area contributed by atoms with Gasteiger partial charge >= 0.3 is 0 Å². The second kappa shape index (κ2) is 2.47. The van der Waals surface area contributed by atoms with Crippen molar-refractivity contribution in [1.82, 2.24) is 0 Å². The third-order valence-corrected chi connectivity index (χ3v) is 3.47. The minimum atomic E-state index is -0.232. The summed E-state index contributed by atoms with van der Waals surface area (Å²) < 4.78 is 16.9. The Balaban J connectivity index is 1.71. The van der Waals surface area contributed by atoms with Gasteiger partial charge in [-0.25, -0.2) is 0 Å². The van der Waals surface area contributed by atoms with Gasteiger partial charge in [-0.3, -0.25) is 0 Å². The van der Waals surface area contributed by atoms with Crippen molar-refractivity contribution in [3.63, 3.8) is 0 Å². The molecule has 0 bridgehead atoms. The molecule has 3 unspecified atom stereocenters. The molecule has 3 heteroatoms. The molecule has 3 rings (SSSR count). The fraction of sp³-hybridized carbons (Fsp3) is 1.00. The van der Waals surface area contributed by atoms with E-state index >= 15 is 0 Å². The van der Waals surface area contributed by atoms with Crippen molar-refractivity contribution in [3.8, 4) is 0 Å². The van der Waals surface area contributed by atoms with Crippen LogP contribution in [0.3, 0.4) is 0 Å². The predicted octanol–water partition coefficient (Wildman–Crippen LogP) is 1.46. The zero-order chi connectivity index (χ0) is 8.94. The molecule has 3 atom stereocenters. The number of epoxide rings is 2. The lowest BCUT2D eigenvalue weighted by Crippen LogP contribution is -2.26. The lowest BCUT2D eigenvalue weighted by atomic mass is 9.94. The fourth-order valence-electron chi connectivity index (χ4n) is 2.56. The Labute approximate surface area is 78.3 Å². The quantitative estimate of drug-likeness (QED) is 0.620. The summed E-state index contributed by atoms with van der Waals surface area (Å²) in [4.78, 5) is 0. The van der Waals surface area contributed by atoms with E-state index in [2.05, 4.69) is 6.92 Å². The van der Waals surface area contributed by atoms with Gasteiger partial charge in [0.2, 0.25) is 5.79 Å². The number of unbranched alkanes of at least 4 members (excludes halogenated alkanes) is 1. The van der Waals surface area contributed by atoms with Crippen LogP contribution in [0.1, 0.15) is 32.6 Å². The van der Waals surface area contributed by atoms with Crippen LogP contribution in [0.4, 0.5) is 0 Å². The normalized spacial score (nSPS) is 51.9. The molecule has 0 N–H and O–H groups in total. The van der Waals surface area contributed by atoms with Crippen LogP contribution in [0.2, 0.25) is 0 Å². The van der Waals surface area contributed by atoms with E-state index in [0.29, 0.717) is 6.10 Å². The van der Waals surface area contributed by atoms with Gasteiger partial charge in [-0.2, -0.15) is 0 Å². The minimum Gasteiger partial charge on any atom is -0.370 e. The van der Waals surface area contributed by atoms with Gasteiger partial charge in [0.1, 0.15) is 6.10 Å². The summed E-state index contributed by atoms with van der Waals surface area (Å²) in [5.41, 5.74) is -0.0256. The van der Waals surface area contributed by atoms with Gasteiger partial charge in [0, 0.05) is 12.8 Å².